The third-order valence-electron chi connectivity index (χ3n) is 4.24. The molecule has 0 saturated carbocycles. The molecule has 1 heterocycles. The van der Waals surface area contributed by atoms with Crippen LogP contribution in [0.2, 0.25) is 5.02 Å². The van der Waals surface area contributed by atoms with Crippen molar-refractivity contribution >= 4 is 23.2 Å². The Labute approximate surface area is 155 Å². The molecule has 2 aromatic carbocycles. The number of rotatable bonds is 4. The number of likely N-dealkylation sites (N-methyl/N-ethyl adjacent to an activating group) is 1. The lowest BCUT2D eigenvalue weighted by atomic mass is 10.1. The number of hydrogen-bond acceptors (Lipinski definition) is 5. The molecule has 1 saturated heterocycles. The fourth-order valence-electron chi connectivity index (χ4n) is 2.70. The highest BCUT2D eigenvalue weighted by Crippen LogP contribution is 2.33. The Bertz CT molecular complexity index is 818. The van der Waals surface area contributed by atoms with Gasteiger partial charge in [0.1, 0.15) is 5.75 Å². The second-order valence-electron chi connectivity index (χ2n) is 6.09. The van der Waals surface area contributed by atoms with Gasteiger partial charge in [0.05, 0.1) is 4.92 Å². The van der Waals surface area contributed by atoms with Crippen molar-refractivity contribution in [3.8, 4) is 11.5 Å². The van der Waals surface area contributed by atoms with Gasteiger partial charge in [0.25, 0.3) is 5.91 Å². The Balaban J connectivity index is 1.72. The third-order valence-corrected chi connectivity index (χ3v) is 4.47. The van der Waals surface area contributed by atoms with Crippen molar-refractivity contribution < 1.29 is 14.5 Å². The lowest BCUT2D eigenvalue weighted by molar-refractivity contribution is -0.385. The first-order chi connectivity index (χ1) is 12.4. The Morgan fingerprint density at radius 3 is 2.38 bits per heavy atom. The Hall–Kier alpha value is -2.64. The second-order valence-corrected chi connectivity index (χ2v) is 6.53. The molecule has 7 nitrogen and oxygen atoms in total. The maximum absolute atomic E-state index is 12.5. The van der Waals surface area contributed by atoms with Crippen molar-refractivity contribution in [2.75, 3.05) is 33.2 Å². The molecule has 8 heteroatoms. The summed E-state index contributed by atoms with van der Waals surface area (Å²) in [7, 11) is 2.03. The van der Waals surface area contributed by atoms with Crippen molar-refractivity contribution in [3.63, 3.8) is 0 Å². The first-order valence-corrected chi connectivity index (χ1v) is 8.51. The molecule has 3 rings (SSSR count). The van der Waals surface area contributed by atoms with Crippen LogP contribution in [-0.2, 0) is 0 Å². The SMILES string of the molecule is CN1CCN(C(=O)c2ccc(Oc3ccc(Cl)cc3[N+](=O)[O-])cc2)CC1. The summed E-state index contributed by atoms with van der Waals surface area (Å²) in [4.78, 5) is 27.1. The average Bonchev–Trinajstić information content (AvgIpc) is 2.64. The number of amides is 1. The first-order valence-electron chi connectivity index (χ1n) is 8.14. The van der Waals surface area contributed by atoms with Gasteiger partial charge in [0.2, 0.25) is 5.75 Å². The number of nitro benzene ring substituents is 1. The minimum absolute atomic E-state index is 0.0258. The monoisotopic (exact) mass is 375 g/mol. The van der Waals surface area contributed by atoms with Gasteiger partial charge >= 0.3 is 5.69 Å². The molecule has 1 aliphatic heterocycles. The molecule has 0 aromatic heterocycles. The normalized spacial score (nSPS) is 14.9. The summed E-state index contributed by atoms with van der Waals surface area (Å²) in [6.07, 6.45) is 0. The molecule has 0 spiro atoms. The molecular weight excluding hydrogens is 358 g/mol. The zero-order chi connectivity index (χ0) is 18.7. The number of benzene rings is 2. The van der Waals surface area contributed by atoms with Crippen molar-refractivity contribution in [3.05, 3.63) is 63.2 Å². The highest BCUT2D eigenvalue weighted by Gasteiger charge is 2.21. The van der Waals surface area contributed by atoms with Gasteiger partial charge in [-0.2, -0.15) is 0 Å². The van der Waals surface area contributed by atoms with Gasteiger partial charge in [-0.3, -0.25) is 14.9 Å². The van der Waals surface area contributed by atoms with E-state index in [1.54, 1.807) is 24.3 Å². The molecule has 0 N–H and O–H groups in total. The Kier molecular flexibility index (Phi) is 5.39. The summed E-state index contributed by atoms with van der Waals surface area (Å²) in [5.74, 6) is 0.477. The van der Waals surface area contributed by atoms with Gasteiger partial charge in [0.15, 0.2) is 0 Å². The zero-order valence-electron chi connectivity index (χ0n) is 14.2. The molecule has 0 atom stereocenters. The summed E-state index contributed by atoms with van der Waals surface area (Å²) in [5, 5.41) is 11.4. The lowest BCUT2D eigenvalue weighted by Gasteiger charge is -2.32. The van der Waals surface area contributed by atoms with E-state index in [1.165, 1.54) is 18.2 Å². The fourth-order valence-corrected chi connectivity index (χ4v) is 2.87. The van der Waals surface area contributed by atoms with E-state index in [-0.39, 0.29) is 22.4 Å². The number of ether oxygens (including phenoxy) is 1. The van der Waals surface area contributed by atoms with Crippen LogP contribution in [-0.4, -0.2) is 53.9 Å². The van der Waals surface area contributed by atoms with Crippen LogP contribution >= 0.6 is 11.6 Å². The number of carbonyl (C=O) groups excluding carboxylic acids is 1. The molecule has 0 unspecified atom stereocenters. The Morgan fingerprint density at radius 2 is 1.77 bits per heavy atom. The Morgan fingerprint density at radius 1 is 1.12 bits per heavy atom. The van der Waals surface area contributed by atoms with E-state index < -0.39 is 4.92 Å². The molecule has 1 amide bonds. The molecular formula is C18H18ClN3O4. The van der Waals surface area contributed by atoms with E-state index in [2.05, 4.69) is 4.90 Å². The highest BCUT2D eigenvalue weighted by molar-refractivity contribution is 6.30. The summed E-state index contributed by atoms with van der Waals surface area (Å²) in [6.45, 7) is 3.11. The predicted molar refractivity (Wildman–Crippen MR) is 98.0 cm³/mol. The second kappa shape index (κ2) is 7.72. The van der Waals surface area contributed by atoms with Crippen LogP contribution in [0.1, 0.15) is 10.4 Å². The topological polar surface area (TPSA) is 75.9 Å². The summed E-state index contributed by atoms with van der Waals surface area (Å²) in [6, 6.07) is 10.8. The smallest absolute Gasteiger partial charge is 0.313 e. The number of nitro groups is 1. The molecule has 0 radical (unpaired) electrons. The number of halogens is 1. The average molecular weight is 376 g/mol. The number of carbonyl (C=O) groups is 1. The maximum Gasteiger partial charge on any atom is 0.313 e. The summed E-state index contributed by atoms with van der Waals surface area (Å²) >= 11 is 5.80. The van der Waals surface area contributed by atoms with E-state index in [0.717, 1.165) is 13.1 Å². The van der Waals surface area contributed by atoms with Crippen molar-refractivity contribution in [2.45, 2.75) is 0 Å². The van der Waals surface area contributed by atoms with Crippen LogP contribution in [0.25, 0.3) is 0 Å². The molecule has 0 aliphatic carbocycles. The van der Waals surface area contributed by atoms with Crippen LogP contribution < -0.4 is 4.74 Å². The molecule has 0 bridgehead atoms. The minimum atomic E-state index is -0.549. The van der Waals surface area contributed by atoms with E-state index in [9.17, 15) is 14.9 Å². The maximum atomic E-state index is 12.5. The highest BCUT2D eigenvalue weighted by atomic mass is 35.5. The molecule has 2 aromatic rings. The van der Waals surface area contributed by atoms with Crippen LogP contribution in [0.3, 0.4) is 0 Å². The minimum Gasteiger partial charge on any atom is -0.450 e. The van der Waals surface area contributed by atoms with E-state index in [1.807, 2.05) is 11.9 Å². The van der Waals surface area contributed by atoms with E-state index in [0.29, 0.717) is 24.4 Å². The predicted octanol–water partition coefficient (Wildman–Crippen LogP) is 3.43. The van der Waals surface area contributed by atoms with Crippen molar-refractivity contribution in [1.29, 1.82) is 0 Å². The third kappa shape index (κ3) is 4.12. The molecule has 1 aliphatic rings. The fraction of sp³-hybridized carbons (Fsp3) is 0.278. The number of piperazine rings is 1. The van der Waals surface area contributed by atoms with Crippen molar-refractivity contribution in [2.24, 2.45) is 0 Å². The van der Waals surface area contributed by atoms with Crippen LogP contribution in [0.15, 0.2) is 42.5 Å². The molecule has 26 heavy (non-hydrogen) atoms. The zero-order valence-corrected chi connectivity index (χ0v) is 15.0. The summed E-state index contributed by atoms with van der Waals surface area (Å²) in [5.41, 5.74) is 0.350. The van der Waals surface area contributed by atoms with Gasteiger partial charge in [-0.25, -0.2) is 0 Å². The molecule has 136 valence electrons. The van der Waals surface area contributed by atoms with Gasteiger partial charge in [-0.05, 0) is 43.4 Å². The first kappa shape index (κ1) is 18.2. The quantitative estimate of drug-likeness (QED) is 0.604. The largest absolute Gasteiger partial charge is 0.450 e. The van der Waals surface area contributed by atoms with Crippen LogP contribution in [0.5, 0.6) is 11.5 Å². The van der Waals surface area contributed by atoms with Crippen LogP contribution in [0.4, 0.5) is 5.69 Å². The number of hydrogen-bond donors (Lipinski definition) is 0. The number of nitrogens with zero attached hydrogens (tertiary/aromatic N) is 3. The van der Waals surface area contributed by atoms with Gasteiger partial charge in [-0.1, -0.05) is 11.6 Å². The van der Waals surface area contributed by atoms with Gasteiger partial charge in [-0.15, -0.1) is 0 Å². The molecule has 1 fully saturated rings. The lowest BCUT2D eigenvalue weighted by Crippen LogP contribution is -2.47. The van der Waals surface area contributed by atoms with E-state index >= 15 is 0 Å². The van der Waals surface area contributed by atoms with E-state index in [4.69, 9.17) is 16.3 Å². The van der Waals surface area contributed by atoms with Crippen molar-refractivity contribution in [1.82, 2.24) is 9.80 Å². The van der Waals surface area contributed by atoms with Crippen LogP contribution in [0, 0.1) is 10.1 Å². The standard InChI is InChI=1S/C18H18ClN3O4/c1-20-8-10-21(11-9-20)18(23)13-2-5-15(6-3-13)26-17-7-4-14(19)12-16(17)22(24)25/h2-7,12H,8-11H2,1H3. The van der Waals surface area contributed by atoms with Gasteiger partial charge in [0, 0.05) is 42.8 Å². The summed E-state index contributed by atoms with van der Waals surface area (Å²) < 4.78 is 5.59. The van der Waals surface area contributed by atoms with Gasteiger partial charge < -0.3 is 14.5 Å².